The van der Waals surface area contributed by atoms with E-state index in [2.05, 4.69) is 20.0 Å². The molecule has 1 aromatic heterocycles. The standard InChI is InChI=1S/C21H29ClN6O4S/c1-32-18-3-2-17(22)16-19(18)33(30,31)28-12-10-27(11-13-28)21-5-4-20(23-24-21)26-8-6-25(7-9-26)14-15-29/h2-5,16,29H,6-15H2,1H3. The summed E-state index contributed by atoms with van der Waals surface area (Å²) in [5.74, 6) is 1.84. The van der Waals surface area contributed by atoms with E-state index < -0.39 is 10.0 Å². The van der Waals surface area contributed by atoms with Crippen molar-refractivity contribution < 1.29 is 18.3 Å². The average Bonchev–Trinajstić information content (AvgIpc) is 2.85. The van der Waals surface area contributed by atoms with Crippen LogP contribution < -0.4 is 14.5 Å². The van der Waals surface area contributed by atoms with Crippen molar-refractivity contribution in [3.05, 3.63) is 35.4 Å². The summed E-state index contributed by atoms with van der Waals surface area (Å²) in [6, 6.07) is 8.50. The molecule has 2 aliphatic heterocycles. The van der Waals surface area contributed by atoms with Crippen LogP contribution in [0.5, 0.6) is 5.75 Å². The highest BCUT2D eigenvalue weighted by molar-refractivity contribution is 7.89. The number of rotatable bonds is 7. The monoisotopic (exact) mass is 496 g/mol. The van der Waals surface area contributed by atoms with Crippen LogP contribution in [0, 0.1) is 0 Å². The van der Waals surface area contributed by atoms with Gasteiger partial charge in [0, 0.05) is 63.9 Å². The van der Waals surface area contributed by atoms with Gasteiger partial charge in [-0.05, 0) is 30.3 Å². The number of β-amino-alcohol motifs (C(OH)–C–C–N with tert-alkyl or cyclic N) is 1. The number of aliphatic hydroxyl groups is 1. The van der Waals surface area contributed by atoms with E-state index in [0.29, 0.717) is 37.7 Å². The molecular formula is C21H29ClN6O4S. The van der Waals surface area contributed by atoms with Gasteiger partial charge in [0.25, 0.3) is 0 Å². The van der Waals surface area contributed by atoms with Crippen LogP contribution in [0.3, 0.4) is 0 Å². The number of halogens is 1. The first-order chi connectivity index (χ1) is 15.9. The Morgan fingerprint density at radius 1 is 0.939 bits per heavy atom. The molecule has 0 saturated carbocycles. The zero-order valence-corrected chi connectivity index (χ0v) is 20.2. The van der Waals surface area contributed by atoms with E-state index in [1.54, 1.807) is 12.1 Å². The van der Waals surface area contributed by atoms with Crippen LogP contribution in [0.25, 0.3) is 0 Å². The van der Waals surface area contributed by atoms with Crippen molar-refractivity contribution in [3.63, 3.8) is 0 Å². The third-order valence-corrected chi connectivity index (χ3v) is 8.21. The van der Waals surface area contributed by atoms with Crippen molar-refractivity contribution in [2.45, 2.75) is 4.90 Å². The zero-order chi connectivity index (χ0) is 23.4. The molecule has 1 N–H and O–H groups in total. The molecule has 0 aliphatic carbocycles. The summed E-state index contributed by atoms with van der Waals surface area (Å²) < 4.78 is 33.0. The van der Waals surface area contributed by atoms with Crippen molar-refractivity contribution in [2.24, 2.45) is 0 Å². The predicted octanol–water partition coefficient (Wildman–Crippen LogP) is 0.764. The molecule has 2 saturated heterocycles. The smallest absolute Gasteiger partial charge is 0.246 e. The molecule has 12 heteroatoms. The summed E-state index contributed by atoms with van der Waals surface area (Å²) >= 11 is 6.03. The first-order valence-electron chi connectivity index (χ1n) is 10.9. The van der Waals surface area contributed by atoms with Gasteiger partial charge >= 0.3 is 0 Å². The average molecular weight is 497 g/mol. The molecule has 2 aliphatic rings. The number of aromatic nitrogens is 2. The minimum atomic E-state index is -3.73. The lowest BCUT2D eigenvalue weighted by Crippen LogP contribution is -2.49. The SMILES string of the molecule is COc1ccc(Cl)cc1S(=O)(=O)N1CCN(c2ccc(N3CCN(CCO)CC3)nn2)CC1. The lowest BCUT2D eigenvalue weighted by Gasteiger charge is -2.36. The fourth-order valence-electron chi connectivity index (χ4n) is 4.15. The van der Waals surface area contributed by atoms with Gasteiger partial charge in [0.2, 0.25) is 10.0 Å². The number of methoxy groups -OCH3 is 1. The second kappa shape index (κ2) is 10.4. The van der Waals surface area contributed by atoms with Gasteiger partial charge in [0.05, 0.1) is 13.7 Å². The van der Waals surface area contributed by atoms with E-state index in [1.807, 2.05) is 17.0 Å². The van der Waals surface area contributed by atoms with Gasteiger partial charge in [-0.2, -0.15) is 4.31 Å². The Balaban J connectivity index is 1.37. The normalized spacial score (nSPS) is 18.5. The molecule has 4 rings (SSSR count). The minimum absolute atomic E-state index is 0.0779. The molecule has 2 aromatic rings. The number of nitrogens with zero attached hydrogens (tertiary/aromatic N) is 6. The van der Waals surface area contributed by atoms with Gasteiger partial charge in [0.15, 0.2) is 11.6 Å². The van der Waals surface area contributed by atoms with Crippen LogP contribution in [-0.2, 0) is 10.0 Å². The van der Waals surface area contributed by atoms with E-state index in [9.17, 15) is 8.42 Å². The molecule has 10 nitrogen and oxygen atoms in total. The van der Waals surface area contributed by atoms with E-state index >= 15 is 0 Å². The maximum atomic E-state index is 13.2. The summed E-state index contributed by atoms with van der Waals surface area (Å²) in [5, 5.41) is 18.2. The summed E-state index contributed by atoms with van der Waals surface area (Å²) in [6.07, 6.45) is 0. The van der Waals surface area contributed by atoms with E-state index in [4.69, 9.17) is 21.4 Å². The lowest BCUT2D eigenvalue weighted by molar-refractivity contribution is 0.188. The molecule has 0 amide bonds. The number of ether oxygens (including phenoxy) is 1. The van der Waals surface area contributed by atoms with Crippen molar-refractivity contribution in [1.29, 1.82) is 0 Å². The molecule has 3 heterocycles. The molecule has 0 radical (unpaired) electrons. The highest BCUT2D eigenvalue weighted by atomic mass is 35.5. The van der Waals surface area contributed by atoms with Gasteiger partial charge in [-0.1, -0.05) is 11.6 Å². The number of hydrogen-bond acceptors (Lipinski definition) is 9. The highest BCUT2D eigenvalue weighted by Gasteiger charge is 2.31. The van der Waals surface area contributed by atoms with Crippen LogP contribution >= 0.6 is 11.6 Å². The second-order valence-electron chi connectivity index (χ2n) is 7.99. The van der Waals surface area contributed by atoms with E-state index in [1.165, 1.54) is 17.5 Å². The Labute approximate surface area is 199 Å². The third kappa shape index (κ3) is 5.33. The number of piperazine rings is 2. The Morgan fingerprint density at radius 2 is 1.52 bits per heavy atom. The molecule has 1 aromatic carbocycles. The maximum absolute atomic E-state index is 13.2. The highest BCUT2D eigenvalue weighted by Crippen LogP contribution is 2.30. The third-order valence-electron chi connectivity index (χ3n) is 6.06. The number of aliphatic hydroxyl groups excluding tert-OH is 1. The predicted molar refractivity (Wildman–Crippen MR) is 127 cm³/mol. The van der Waals surface area contributed by atoms with Crippen LogP contribution in [0.15, 0.2) is 35.2 Å². The molecule has 180 valence electrons. The van der Waals surface area contributed by atoms with Crippen LogP contribution in [0.2, 0.25) is 5.02 Å². The summed E-state index contributed by atoms with van der Waals surface area (Å²) in [6.45, 7) is 6.01. The minimum Gasteiger partial charge on any atom is -0.495 e. The molecule has 2 fully saturated rings. The molecule has 33 heavy (non-hydrogen) atoms. The molecule has 0 spiro atoms. The Morgan fingerprint density at radius 3 is 2.03 bits per heavy atom. The van der Waals surface area contributed by atoms with Crippen molar-refractivity contribution >= 4 is 33.3 Å². The van der Waals surface area contributed by atoms with Crippen molar-refractivity contribution in [2.75, 3.05) is 82.4 Å². The van der Waals surface area contributed by atoms with Crippen LogP contribution in [0.4, 0.5) is 11.6 Å². The molecule has 0 unspecified atom stereocenters. The van der Waals surface area contributed by atoms with Crippen molar-refractivity contribution in [3.8, 4) is 5.75 Å². The van der Waals surface area contributed by atoms with Crippen LogP contribution in [0.1, 0.15) is 0 Å². The molecule has 0 bridgehead atoms. The molecule has 0 atom stereocenters. The largest absolute Gasteiger partial charge is 0.495 e. The number of hydrogen-bond donors (Lipinski definition) is 1. The fourth-order valence-corrected chi connectivity index (χ4v) is 5.99. The topological polar surface area (TPSA) is 102 Å². The summed E-state index contributed by atoms with van der Waals surface area (Å²) in [4.78, 5) is 6.53. The van der Waals surface area contributed by atoms with E-state index in [0.717, 1.165) is 37.8 Å². The number of anilines is 2. The molecular weight excluding hydrogens is 468 g/mol. The number of sulfonamides is 1. The quantitative estimate of drug-likeness (QED) is 0.595. The Kier molecular flexibility index (Phi) is 7.55. The van der Waals surface area contributed by atoms with Gasteiger partial charge < -0.3 is 19.6 Å². The van der Waals surface area contributed by atoms with Gasteiger partial charge in [0.1, 0.15) is 10.6 Å². The maximum Gasteiger partial charge on any atom is 0.246 e. The van der Waals surface area contributed by atoms with Gasteiger partial charge in [-0.15, -0.1) is 10.2 Å². The zero-order valence-electron chi connectivity index (χ0n) is 18.6. The van der Waals surface area contributed by atoms with Crippen LogP contribution in [-0.4, -0.2) is 106 Å². The summed E-state index contributed by atoms with van der Waals surface area (Å²) in [7, 11) is -2.29. The lowest BCUT2D eigenvalue weighted by atomic mass is 10.3. The Hall–Kier alpha value is -2.18. The fraction of sp³-hybridized carbons (Fsp3) is 0.524. The van der Waals surface area contributed by atoms with Gasteiger partial charge in [-0.25, -0.2) is 8.42 Å². The second-order valence-corrected chi connectivity index (χ2v) is 10.3. The van der Waals surface area contributed by atoms with Crippen molar-refractivity contribution in [1.82, 2.24) is 19.4 Å². The van der Waals surface area contributed by atoms with E-state index in [-0.39, 0.29) is 17.3 Å². The first-order valence-corrected chi connectivity index (χ1v) is 12.7. The summed E-state index contributed by atoms with van der Waals surface area (Å²) in [5.41, 5.74) is 0. The number of benzene rings is 1. The van der Waals surface area contributed by atoms with Gasteiger partial charge in [-0.3, -0.25) is 4.90 Å². The first kappa shape index (κ1) is 24.0. The Bertz CT molecular complexity index is 1040.